The summed E-state index contributed by atoms with van der Waals surface area (Å²) in [4.78, 5) is 8.53. The molecule has 0 bridgehead atoms. The summed E-state index contributed by atoms with van der Waals surface area (Å²) in [6.45, 7) is 2.38. The largest absolute Gasteiger partial charge is 0.451 e. The molecule has 0 fully saturated rings. The van der Waals surface area contributed by atoms with Crippen LogP contribution in [0.1, 0.15) is 35.6 Å². The summed E-state index contributed by atoms with van der Waals surface area (Å²) < 4.78 is 6.04. The normalized spacial score (nSPS) is 20.1. The molecule has 5 heteroatoms. The van der Waals surface area contributed by atoms with Crippen molar-refractivity contribution < 1.29 is 4.42 Å². The Kier molecular flexibility index (Phi) is 4.70. The van der Waals surface area contributed by atoms with Crippen molar-refractivity contribution in [2.24, 2.45) is 5.92 Å². The van der Waals surface area contributed by atoms with Gasteiger partial charge in [0.15, 0.2) is 10.7 Å². The number of halogens is 2. The van der Waals surface area contributed by atoms with Crippen molar-refractivity contribution in [3.63, 3.8) is 0 Å². The molecule has 3 nitrogen and oxygen atoms in total. The minimum atomic E-state index is -0.321. The Morgan fingerprint density at radius 3 is 2.39 bits per heavy atom. The molecule has 2 unspecified atom stereocenters. The summed E-state index contributed by atoms with van der Waals surface area (Å²) in [5, 5.41) is 1.19. The highest BCUT2D eigenvalue weighted by molar-refractivity contribution is 6.36. The molecule has 196 valence electrons. The van der Waals surface area contributed by atoms with Crippen LogP contribution in [0, 0.1) is 5.92 Å². The number of allylic oxidation sites excluding steroid dienone is 4. The Labute approximate surface area is 246 Å². The predicted molar refractivity (Wildman–Crippen MR) is 166 cm³/mol. The second-order valence-electron chi connectivity index (χ2n) is 11.2. The summed E-state index contributed by atoms with van der Waals surface area (Å²) >= 11 is 12.6. The second kappa shape index (κ2) is 8.19. The van der Waals surface area contributed by atoms with E-state index in [0.717, 1.165) is 17.4 Å². The lowest BCUT2D eigenvalue weighted by atomic mass is 9.65. The summed E-state index contributed by atoms with van der Waals surface area (Å²) in [5.41, 5.74) is 14.6. The molecule has 9 rings (SSSR count). The number of furan rings is 1. The number of benzene rings is 4. The first-order valence-corrected chi connectivity index (χ1v) is 14.6. The van der Waals surface area contributed by atoms with Crippen molar-refractivity contribution in [2.45, 2.75) is 18.8 Å². The Morgan fingerprint density at radius 1 is 0.805 bits per heavy atom. The first-order valence-electron chi connectivity index (χ1n) is 13.9. The fourth-order valence-corrected chi connectivity index (χ4v) is 8.18. The van der Waals surface area contributed by atoms with Crippen molar-refractivity contribution in [2.75, 3.05) is 0 Å². The molecule has 2 atom stereocenters. The highest BCUT2D eigenvalue weighted by atomic mass is 35.5. The van der Waals surface area contributed by atoms with Gasteiger partial charge in [0, 0.05) is 5.39 Å². The molecule has 0 saturated heterocycles. The number of rotatable bonds is 1. The van der Waals surface area contributed by atoms with E-state index in [-0.39, 0.29) is 15.9 Å². The maximum atomic E-state index is 6.36. The van der Waals surface area contributed by atoms with Gasteiger partial charge in [-0.3, -0.25) is 0 Å². The lowest BCUT2D eigenvalue weighted by Gasteiger charge is -2.36. The molecular formula is C36H22Cl2N2O. The van der Waals surface area contributed by atoms with Crippen LogP contribution in [0.5, 0.6) is 0 Å². The van der Waals surface area contributed by atoms with Crippen LogP contribution in [0.25, 0.3) is 49.9 Å². The van der Waals surface area contributed by atoms with Gasteiger partial charge in [0.05, 0.1) is 5.41 Å². The third kappa shape index (κ3) is 2.90. The monoisotopic (exact) mass is 568 g/mol. The minimum absolute atomic E-state index is 0.103. The Morgan fingerprint density at radius 2 is 1.54 bits per heavy atom. The molecule has 0 amide bonds. The van der Waals surface area contributed by atoms with Crippen LogP contribution >= 0.6 is 23.2 Å². The van der Waals surface area contributed by atoms with Gasteiger partial charge < -0.3 is 4.42 Å². The van der Waals surface area contributed by atoms with Gasteiger partial charge in [-0.15, -0.1) is 0 Å². The molecule has 1 spiro atoms. The topological polar surface area (TPSA) is 38.9 Å². The van der Waals surface area contributed by atoms with Gasteiger partial charge in [-0.2, -0.15) is 0 Å². The van der Waals surface area contributed by atoms with Gasteiger partial charge in [0.25, 0.3) is 0 Å². The molecule has 6 aromatic rings. The van der Waals surface area contributed by atoms with E-state index in [1.807, 2.05) is 6.07 Å². The van der Waals surface area contributed by atoms with Gasteiger partial charge >= 0.3 is 0 Å². The summed E-state index contributed by atoms with van der Waals surface area (Å²) in [6, 6.07) is 31.0. The number of nitrogens with zero attached hydrogens (tertiary/aromatic N) is 2. The van der Waals surface area contributed by atoms with Gasteiger partial charge in [-0.05, 0) is 91.7 Å². The molecule has 3 aliphatic rings. The quantitative estimate of drug-likeness (QED) is 0.146. The first kappa shape index (κ1) is 23.5. The van der Waals surface area contributed by atoms with Crippen LogP contribution in [-0.4, -0.2) is 9.97 Å². The maximum absolute atomic E-state index is 6.36. The smallest absolute Gasteiger partial charge is 0.224 e. The van der Waals surface area contributed by atoms with Crippen LogP contribution < -0.4 is 0 Å². The molecule has 0 aliphatic heterocycles. The second-order valence-corrected chi connectivity index (χ2v) is 11.9. The van der Waals surface area contributed by atoms with E-state index in [2.05, 4.69) is 108 Å². The molecule has 0 radical (unpaired) electrons. The highest BCUT2D eigenvalue weighted by Gasteiger charge is 2.54. The molecule has 0 saturated carbocycles. The van der Waals surface area contributed by atoms with E-state index in [1.165, 1.54) is 50.1 Å². The number of hydrogen-bond donors (Lipinski definition) is 0. The van der Waals surface area contributed by atoms with Crippen LogP contribution in [0.3, 0.4) is 0 Å². The Hall–Kier alpha value is -4.18. The number of hydrogen-bond acceptors (Lipinski definition) is 3. The zero-order chi connectivity index (χ0) is 27.5. The molecule has 2 aromatic heterocycles. The van der Waals surface area contributed by atoms with Crippen molar-refractivity contribution in [1.29, 1.82) is 0 Å². The van der Waals surface area contributed by atoms with E-state index in [4.69, 9.17) is 27.6 Å². The van der Waals surface area contributed by atoms with Crippen molar-refractivity contribution in [3.8, 4) is 22.3 Å². The van der Waals surface area contributed by atoms with E-state index >= 15 is 0 Å². The van der Waals surface area contributed by atoms with Crippen molar-refractivity contribution >= 4 is 50.8 Å². The molecule has 0 N–H and O–H groups in total. The van der Waals surface area contributed by atoms with Crippen LogP contribution in [0.4, 0.5) is 0 Å². The van der Waals surface area contributed by atoms with E-state index in [9.17, 15) is 0 Å². The average molecular weight is 569 g/mol. The number of fused-ring (bicyclic) bond motifs is 12. The highest BCUT2D eigenvalue weighted by Crippen LogP contribution is 2.65. The SMILES string of the molecule is CC1CC=CC2=C1C1(c3ccccc32)c2ccccc2-c2c(-c3ccc4oc5c(Cl)nc(Cl)nc5c4c3)cccc21. The third-order valence-electron chi connectivity index (χ3n) is 9.21. The zero-order valence-electron chi connectivity index (χ0n) is 22.1. The van der Waals surface area contributed by atoms with Crippen LogP contribution in [0.15, 0.2) is 107 Å². The fourth-order valence-electron chi connectivity index (χ4n) is 7.76. The van der Waals surface area contributed by atoms with E-state index < -0.39 is 0 Å². The summed E-state index contributed by atoms with van der Waals surface area (Å²) in [6.07, 6.45) is 5.73. The predicted octanol–water partition coefficient (Wildman–Crippen LogP) is 10.0. The van der Waals surface area contributed by atoms with Crippen LogP contribution in [-0.2, 0) is 5.41 Å². The fraction of sp³-hybridized carbons (Fsp3) is 0.111. The summed E-state index contributed by atoms with van der Waals surface area (Å²) in [5.74, 6) is 0.424. The van der Waals surface area contributed by atoms with E-state index in [0.29, 0.717) is 22.6 Å². The van der Waals surface area contributed by atoms with Gasteiger partial charge in [0.1, 0.15) is 11.1 Å². The van der Waals surface area contributed by atoms with Crippen molar-refractivity contribution in [1.82, 2.24) is 9.97 Å². The number of aromatic nitrogens is 2. The third-order valence-corrected chi connectivity index (χ3v) is 9.63. The van der Waals surface area contributed by atoms with Crippen molar-refractivity contribution in [3.05, 3.63) is 135 Å². The Bertz CT molecular complexity index is 2190. The molecule has 3 aliphatic carbocycles. The van der Waals surface area contributed by atoms with E-state index in [1.54, 1.807) is 0 Å². The Balaban J connectivity index is 1.38. The van der Waals surface area contributed by atoms with Gasteiger partial charge in [-0.1, -0.05) is 103 Å². The zero-order valence-corrected chi connectivity index (χ0v) is 23.6. The molecule has 41 heavy (non-hydrogen) atoms. The summed E-state index contributed by atoms with van der Waals surface area (Å²) in [7, 11) is 0. The first-order chi connectivity index (χ1) is 20.1. The van der Waals surface area contributed by atoms with Gasteiger partial charge in [-0.25, -0.2) is 9.97 Å². The van der Waals surface area contributed by atoms with Crippen LogP contribution in [0.2, 0.25) is 10.4 Å². The average Bonchev–Trinajstić information content (AvgIpc) is 3.62. The molecular weight excluding hydrogens is 547 g/mol. The molecule has 4 aromatic carbocycles. The van der Waals surface area contributed by atoms with Gasteiger partial charge in [0.2, 0.25) is 5.28 Å². The standard InChI is InChI=1S/C36H22Cl2N2O/c1-19-8-6-12-23-22-9-2-4-13-26(22)36(31(19)23)27-14-5-3-10-24(27)30-21(11-7-15-28(30)36)20-16-17-29-25(18-20)32-33(41-29)34(37)40-35(38)39-32/h2-7,9-19H,8H2,1H3. The maximum Gasteiger partial charge on any atom is 0.224 e. The lowest BCUT2D eigenvalue weighted by molar-refractivity contribution is 0.591. The molecule has 2 heterocycles. The lowest BCUT2D eigenvalue weighted by Crippen LogP contribution is -2.30. The minimum Gasteiger partial charge on any atom is -0.451 e.